The lowest BCUT2D eigenvalue weighted by Gasteiger charge is -2.28. The fourth-order valence-corrected chi connectivity index (χ4v) is 4.48. The minimum atomic E-state index is 0. The number of hydrogen-bond acceptors (Lipinski definition) is 3. The molecule has 3 nitrogen and oxygen atoms in total. The predicted molar refractivity (Wildman–Crippen MR) is 94.9 cm³/mol. The molecule has 0 saturated carbocycles. The minimum Gasteiger partial charge on any atom is -0.335 e. The zero-order valence-electron chi connectivity index (χ0n) is 13.1. The van der Waals surface area contributed by atoms with E-state index in [-0.39, 0.29) is 12.4 Å². The van der Waals surface area contributed by atoms with Gasteiger partial charge in [0.15, 0.2) is 0 Å². The van der Waals surface area contributed by atoms with Crippen molar-refractivity contribution >= 4 is 29.7 Å². The number of thiophene rings is 1. The van der Waals surface area contributed by atoms with Crippen LogP contribution in [-0.4, -0.2) is 36.0 Å². The first-order chi connectivity index (χ1) is 10.3. The summed E-state index contributed by atoms with van der Waals surface area (Å²) in [6.45, 7) is 2.08. The van der Waals surface area contributed by atoms with Crippen molar-refractivity contribution in [3.8, 4) is 0 Å². The quantitative estimate of drug-likeness (QED) is 0.801. The molecule has 1 aromatic heterocycles. The summed E-state index contributed by atoms with van der Waals surface area (Å²) in [5.74, 6) is 0.405. The Morgan fingerprint density at radius 3 is 2.91 bits per heavy atom. The monoisotopic (exact) mass is 342 g/mol. The van der Waals surface area contributed by atoms with Gasteiger partial charge in [-0.3, -0.25) is 4.79 Å². The van der Waals surface area contributed by atoms with E-state index in [4.69, 9.17) is 0 Å². The normalized spacial score (nSPS) is 23.9. The number of rotatable bonds is 6. The van der Waals surface area contributed by atoms with Gasteiger partial charge < -0.3 is 10.2 Å². The van der Waals surface area contributed by atoms with Crippen LogP contribution >= 0.6 is 23.7 Å². The Balaban J connectivity index is 0.00000176. The van der Waals surface area contributed by atoms with Gasteiger partial charge in [0, 0.05) is 29.9 Å². The fraction of sp³-hybridized carbons (Fsp3) is 0.706. The molecule has 3 rings (SSSR count). The van der Waals surface area contributed by atoms with Crippen LogP contribution in [0.15, 0.2) is 17.5 Å². The fourth-order valence-electron chi connectivity index (χ4n) is 3.73. The molecular formula is C17H27ClN2OS. The molecule has 124 valence electrons. The van der Waals surface area contributed by atoms with Crippen molar-refractivity contribution in [2.24, 2.45) is 0 Å². The first-order valence-electron chi connectivity index (χ1n) is 8.39. The third kappa shape index (κ3) is 4.46. The number of aryl methyl sites for hydroxylation is 1. The molecule has 1 N–H and O–H groups in total. The third-order valence-electron chi connectivity index (χ3n) is 4.84. The lowest BCUT2D eigenvalue weighted by atomic mass is 10.1. The summed E-state index contributed by atoms with van der Waals surface area (Å²) in [4.78, 5) is 16.2. The maximum Gasteiger partial charge on any atom is 0.223 e. The van der Waals surface area contributed by atoms with Gasteiger partial charge in [-0.15, -0.1) is 23.7 Å². The molecule has 0 aromatic carbocycles. The Labute approximate surface area is 143 Å². The summed E-state index contributed by atoms with van der Waals surface area (Å²) in [7, 11) is 0. The molecule has 1 amide bonds. The summed E-state index contributed by atoms with van der Waals surface area (Å²) in [5, 5.41) is 5.60. The molecule has 3 heterocycles. The molecule has 0 radical (unpaired) electrons. The first-order valence-corrected chi connectivity index (χ1v) is 9.27. The molecule has 0 aliphatic carbocycles. The summed E-state index contributed by atoms with van der Waals surface area (Å²) in [5.41, 5.74) is 0. The number of nitrogens with zero attached hydrogens (tertiary/aromatic N) is 1. The summed E-state index contributed by atoms with van der Waals surface area (Å²) in [6.07, 6.45) is 8.90. The Bertz CT molecular complexity index is 438. The van der Waals surface area contributed by atoms with Gasteiger partial charge in [-0.05, 0) is 56.5 Å². The molecule has 0 spiro atoms. The molecule has 22 heavy (non-hydrogen) atoms. The van der Waals surface area contributed by atoms with Crippen LogP contribution in [0.1, 0.15) is 49.8 Å². The van der Waals surface area contributed by atoms with Crippen molar-refractivity contribution in [2.45, 2.75) is 63.5 Å². The van der Waals surface area contributed by atoms with Crippen molar-refractivity contribution in [3.05, 3.63) is 22.4 Å². The zero-order valence-corrected chi connectivity index (χ0v) is 14.8. The van der Waals surface area contributed by atoms with Crippen LogP contribution < -0.4 is 5.32 Å². The Hall–Kier alpha value is -0.580. The molecular weight excluding hydrogens is 316 g/mol. The highest BCUT2D eigenvalue weighted by atomic mass is 35.5. The number of amides is 1. The second-order valence-electron chi connectivity index (χ2n) is 6.32. The van der Waals surface area contributed by atoms with Crippen LogP contribution in [-0.2, 0) is 11.2 Å². The average molecular weight is 343 g/mol. The molecule has 5 heteroatoms. The van der Waals surface area contributed by atoms with E-state index in [2.05, 4.69) is 27.7 Å². The van der Waals surface area contributed by atoms with Gasteiger partial charge in [0.25, 0.3) is 0 Å². The maximum atomic E-state index is 12.5. The van der Waals surface area contributed by atoms with E-state index in [9.17, 15) is 4.79 Å². The van der Waals surface area contributed by atoms with Crippen molar-refractivity contribution in [3.63, 3.8) is 0 Å². The van der Waals surface area contributed by atoms with Crippen LogP contribution in [0.4, 0.5) is 0 Å². The van der Waals surface area contributed by atoms with Gasteiger partial charge in [-0.1, -0.05) is 12.5 Å². The van der Waals surface area contributed by atoms with Gasteiger partial charge >= 0.3 is 0 Å². The lowest BCUT2D eigenvalue weighted by molar-refractivity contribution is -0.133. The maximum absolute atomic E-state index is 12.5. The zero-order chi connectivity index (χ0) is 14.5. The van der Waals surface area contributed by atoms with E-state index in [1.54, 1.807) is 0 Å². The Morgan fingerprint density at radius 1 is 1.23 bits per heavy atom. The van der Waals surface area contributed by atoms with Crippen molar-refractivity contribution < 1.29 is 4.79 Å². The topological polar surface area (TPSA) is 32.3 Å². The molecule has 2 saturated heterocycles. The SMILES string of the molecule is Cl.O=C(CCCCCc1cccs1)N1C2CCNCC1CC2. The Kier molecular flexibility index (Phi) is 7.19. The van der Waals surface area contributed by atoms with Crippen LogP contribution in [0.5, 0.6) is 0 Å². The average Bonchev–Trinajstić information content (AvgIpc) is 3.05. The largest absolute Gasteiger partial charge is 0.335 e. The van der Waals surface area contributed by atoms with Crippen molar-refractivity contribution in [1.82, 2.24) is 10.2 Å². The van der Waals surface area contributed by atoms with Crippen LogP contribution in [0.3, 0.4) is 0 Å². The van der Waals surface area contributed by atoms with Crippen LogP contribution in [0.2, 0.25) is 0 Å². The molecule has 1 aromatic rings. The Morgan fingerprint density at radius 2 is 2.09 bits per heavy atom. The van der Waals surface area contributed by atoms with Gasteiger partial charge in [0.05, 0.1) is 0 Å². The van der Waals surface area contributed by atoms with Gasteiger partial charge in [-0.25, -0.2) is 0 Å². The summed E-state index contributed by atoms with van der Waals surface area (Å²) in [6, 6.07) is 5.31. The van der Waals surface area contributed by atoms with Gasteiger partial charge in [-0.2, -0.15) is 0 Å². The first kappa shape index (κ1) is 17.8. The molecule has 2 aliphatic rings. The number of carbonyl (C=O) groups is 1. The molecule has 2 fully saturated rings. The van der Waals surface area contributed by atoms with E-state index < -0.39 is 0 Å². The third-order valence-corrected chi connectivity index (χ3v) is 5.77. The van der Waals surface area contributed by atoms with E-state index in [0.717, 1.165) is 32.4 Å². The second kappa shape index (κ2) is 8.90. The van der Waals surface area contributed by atoms with Crippen molar-refractivity contribution in [1.29, 1.82) is 0 Å². The van der Waals surface area contributed by atoms with Crippen LogP contribution in [0.25, 0.3) is 0 Å². The van der Waals surface area contributed by atoms with E-state index in [0.29, 0.717) is 18.0 Å². The second-order valence-corrected chi connectivity index (χ2v) is 7.35. The molecule has 2 aliphatic heterocycles. The number of fused-ring (bicyclic) bond motifs is 2. The van der Waals surface area contributed by atoms with Gasteiger partial charge in [0.2, 0.25) is 5.91 Å². The number of unbranched alkanes of at least 4 members (excludes halogenated alkanes) is 2. The number of halogens is 1. The standard InChI is InChI=1S/C17H26N2OS.ClH/c20-17(7-3-1-2-5-16-6-4-12-21-16)19-14-8-9-15(19)13-18-11-10-14;/h4,6,12,14-15,18H,1-3,5,7-11,13H2;1H. The van der Waals surface area contributed by atoms with E-state index >= 15 is 0 Å². The molecule has 2 atom stereocenters. The highest BCUT2D eigenvalue weighted by Gasteiger charge is 2.37. The lowest BCUT2D eigenvalue weighted by Crippen LogP contribution is -2.42. The molecule has 2 bridgehead atoms. The van der Waals surface area contributed by atoms with E-state index in [1.165, 1.54) is 37.0 Å². The predicted octanol–water partition coefficient (Wildman–Crippen LogP) is 3.63. The highest BCUT2D eigenvalue weighted by Crippen LogP contribution is 2.28. The van der Waals surface area contributed by atoms with Crippen LogP contribution in [0, 0.1) is 0 Å². The number of carbonyl (C=O) groups excluding carboxylic acids is 1. The number of nitrogens with one attached hydrogen (secondary N) is 1. The van der Waals surface area contributed by atoms with Gasteiger partial charge in [0.1, 0.15) is 0 Å². The summed E-state index contributed by atoms with van der Waals surface area (Å²) < 4.78 is 0. The smallest absolute Gasteiger partial charge is 0.223 e. The minimum absolute atomic E-state index is 0. The highest BCUT2D eigenvalue weighted by molar-refractivity contribution is 7.09. The van der Waals surface area contributed by atoms with Crippen molar-refractivity contribution in [2.75, 3.05) is 13.1 Å². The van der Waals surface area contributed by atoms with E-state index in [1.807, 2.05) is 11.3 Å². The number of hydrogen-bond donors (Lipinski definition) is 1. The molecule has 2 unspecified atom stereocenters. The summed E-state index contributed by atoms with van der Waals surface area (Å²) >= 11 is 1.84.